The molecule has 3 atom stereocenters. The maximum absolute atomic E-state index is 12.8. The van der Waals surface area contributed by atoms with Crippen LogP contribution in [-0.4, -0.2) is 35.3 Å². The van der Waals surface area contributed by atoms with Crippen molar-refractivity contribution in [1.29, 1.82) is 0 Å². The molecule has 3 fully saturated rings. The van der Waals surface area contributed by atoms with Crippen LogP contribution >= 0.6 is 0 Å². The number of hydrogen-bond donors (Lipinski definition) is 1. The summed E-state index contributed by atoms with van der Waals surface area (Å²) in [6.07, 6.45) is 9.28. The van der Waals surface area contributed by atoms with Crippen molar-refractivity contribution in [3.63, 3.8) is 0 Å². The molecule has 2 aliphatic carbocycles. The minimum Gasteiger partial charge on any atom is -0.342 e. The highest BCUT2D eigenvalue weighted by Crippen LogP contribution is 2.33. The quantitative estimate of drug-likeness (QED) is 0.841. The Hall–Kier alpha value is -1.06. The van der Waals surface area contributed by atoms with E-state index in [1.54, 1.807) is 0 Å². The molecule has 4 heteroatoms. The van der Waals surface area contributed by atoms with Gasteiger partial charge in [0.05, 0.1) is 6.54 Å². The Morgan fingerprint density at radius 3 is 2.40 bits per heavy atom. The smallest absolute Gasteiger partial charge is 0.246 e. The van der Waals surface area contributed by atoms with Gasteiger partial charge in [0.25, 0.3) is 0 Å². The summed E-state index contributed by atoms with van der Waals surface area (Å²) in [6, 6.07) is 0.0454. The van der Waals surface area contributed by atoms with Crippen molar-refractivity contribution in [2.75, 3.05) is 6.54 Å². The molecule has 4 nitrogen and oxygen atoms in total. The molecule has 1 N–H and O–H groups in total. The topological polar surface area (TPSA) is 49.4 Å². The molecule has 112 valence electrons. The summed E-state index contributed by atoms with van der Waals surface area (Å²) >= 11 is 0. The molecule has 3 unspecified atom stereocenters. The average molecular weight is 278 g/mol. The monoisotopic (exact) mass is 278 g/mol. The summed E-state index contributed by atoms with van der Waals surface area (Å²) in [5, 5.41) is 2.97. The van der Waals surface area contributed by atoms with Gasteiger partial charge in [-0.3, -0.25) is 9.59 Å². The second kappa shape index (κ2) is 5.74. The van der Waals surface area contributed by atoms with E-state index in [0.29, 0.717) is 17.9 Å². The number of amides is 2. The average Bonchev–Trinajstić information content (AvgIpc) is 2.88. The van der Waals surface area contributed by atoms with Crippen LogP contribution in [0, 0.1) is 11.8 Å². The first-order chi connectivity index (χ1) is 9.66. The van der Waals surface area contributed by atoms with E-state index < -0.39 is 0 Å². The molecule has 1 saturated heterocycles. The zero-order chi connectivity index (χ0) is 14.1. The summed E-state index contributed by atoms with van der Waals surface area (Å²) in [4.78, 5) is 26.7. The van der Waals surface area contributed by atoms with E-state index >= 15 is 0 Å². The van der Waals surface area contributed by atoms with Gasteiger partial charge in [0.1, 0.15) is 6.04 Å². The zero-order valence-electron chi connectivity index (χ0n) is 12.4. The van der Waals surface area contributed by atoms with Crippen molar-refractivity contribution in [1.82, 2.24) is 10.2 Å². The van der Waals surface area contributed by atoms with Crippen molar-refractivity contribution in [2.45, 2.75) is 70.4 Å². The van der Waals surface area contributed by atoms with Gasteiger partial charge in [0.15, 0.2) is 0 Å². The number of rotatable bonds is 2. The maximum atomic E-state index is 12.8. The summed E-state index contributed by atoms with van der Waals surface area (Å²) in [6.45, 7) is 2.49. The molecule has 2 saturated carbocycles. The predicted molar refractivity (Wildman–Crippen MR) is 77.0 cm³/mol. The largest absolute Gasteiger partial charge is 0.342 e. The van der Waals surface area contributed by atoms with E-state index in [1.807, 2.05) is 4.90 Å². The van der Waals surface area contributed by atoms with Crippen LogP contribution < -0.4 is 5.32 Å². The Morgan fingerprint density at radius 2 is 1.75 bits per heavy atom. The van der Waals surface area contributed by atoms with Crippen molar-refractivity contribution >= 4 is 11.8 Å². The normalized spacial score (nSPS) is 36.2. The van der Waals surface area contributed by atoms with Gasteiger partial charge in [-0.1, -0.05) is 32.6 Å². The van der Waals surface area contributed by atoms with Crippen molar-refractivity contribution in [3.05, 3.63) is 0 Å². The van der Waals surface area contributed by atoms with Crippen LogP contribution in [-0.2, 0) is 9.59 Å². The molecular weight excluding hydrogens is 252 g/mol. The molecular formula is C16H26N2O2. The number of carbonyl (C=O) groups excluding carboxylic acids is 2. The van der Waals surface area contributed by atoms with Crippen LogP contribution in [0.5, 0.6) is 0 Å². The van der Waals surface area contributed by atoms with E-state index in [4.69, 9.17) is 0 Å². The second-order valence-corrected chi connectivity index (χ2v) is 6.88. The second-order valence-electron chi connectivity index (χ2n) is 6.88. The highest BCUT2D eigenvalue weighted by atomic mass is 16.2. The lowest BCUT2D eigenvalue weighted by atomic mass is 9.82. The molecule has 20 heavy (non-hydrogen) atoms. The zero-order valence-corrected chi connectivity index (χ0v) is 12.4. The van der Waals surface area contributed by atoms with Crippen LogP contribution in [0.3, 0.4) is 0 Å². The molecule has 0 spiro atoms. The number of nitrogens with zero attached hydrogens (tertiary/aromatic N) is 1. The van der Waals surface area contributed by atoms with Crippen LogP contribution in [0.25, 0.3) is 0 Å². The fourth-order valence-corrected chi connectivity index (χ4v) is 4.35. The number of nitrogens with one attached hydrogen (secondary N) is 1. The van der Waals surface area contributed by atoms with Gasteiger partial charge >= 0.3 is 0 Å². The Bertz CT molecular complexity index is 390. The van der Waals surface area contributed by atoms with E-state index in [0.717, 1.165) is 19.3 Å². The lowest BCUT2D eigenvalue weighted by Gasteiger charge is -2.41. The maximum Gasteiger partial charge on any atom is 0.246 e. The summed E-state index contributed by atoms with van der Waals surface area (Å²) in [7, 11) is 0. The van der Waals surface area contributed by atoms with Gasteiger partial charge in [0.2, 0.25) is 11.8 Å². The SMILES string of the molecule is CC1CCCC1N1CC(=O)NC(C2CCCCC2)C1=O. The van der Waals surface area contributed by atoms with Gasteiger partial charge in [-0.15, -0.1) is 0 Å². The Balaban J connectivity index is 1.74. The molecule has 1 heterocycles. The predicted octanol–water partition coefficient (Wildman–Crippen LogP) is 2.08. The van der Waals surface area contributed by atoms with Crippen molar-refractivity contribution in [3.8, 4) is 0 Å². The first-order valence-electron chi connectivity index (χ1n) is 8.26. The van der Waals surface area contributed by atoms with Crippen molar-refractivity contribution in [2.24, 2.45) is 11.8 Å². The van der Waals surface area contributed by atoms with Crippen LogP contribution in [0.15, 0.2) is 0 Å². The Morgan fingerprint density at radius 1 is 1.00 bits per heavy atom. The van der Waals surface area contributed by atoms with Gasteiger partial charge in [-0.2, -0.15) is 0 Å². The molecule has 0 radical (unpaired) electrons. The Kier molecular flexibility index (Phi) is 3.99. The molecule has 0 aromatic carbocycles. The van der Waals surface area contributed by atoms with Gasteiger partial charge in [-0.05, 0) is 37.5 Å². The fraction of sp³-hybridized carbons (Fsp3) is 0.875. The molecule has 0 aromatic heterocycles. The summed E-state index contributed by atoms with van der Waals surface area (Å²) in [5.74, 6) is 1.13. The first kappa shape index (κ1) is 13.9. The number of carbonyl (C=O) groups is 2. The Labute approximate surface area is 121 Å². The summed E-state index contributed by atoms with van der Waals surface area (Å²) < 4.78 is 0. The minimum atomic E-state index is -0.246. The van der Waals surface area contributed by atoms with Gasteiger partial charge < -0.3 is 10.2 Å². The minimum absolute atomic E-state index is 0.0410. The molecule has 0 aromatic rings. The molecule has 3 rings (SSSR count). The summed E-state index contributed by atoms with van der Waals surface area (Å²) in [5.41, 5.74) is 0. The van der Waals surface area contributed by atoms with Crippen molar-refractivity contribution < 1.29 is 9.59 Å². The molecule has 1 aliphatic heterocycles. The first-order valence-corrected chi connectivity index (χ1v) is 8.26. The third-order valence-corrected chi connectivity index (χ3v) is 5.52. The molecule has 2 amide bonds. The lowest BCUT2D eigenvalue weighted by molar-refractivity contribution is -0.149. The third-order valence-electron chi connectivity index (χ3n) is 5.52. The third kappa shape index (κ3) is 2.57. The highest BCUT2D eigenvalue weighted by molar-refractivity contribution is 5.95. The highest BCUT2D eigenvalue weighted by Gasteiger charge is 2.42. The van der Waals surface area contributed by atoms with E-state index in [9.17, 15) is 9.59 Å². The molecule has 0 bridgehead atoms. The van der Waals surface area contributed by atoms with E-state index in [1.165, 1.54) is 32.1 Å². The van der Waals surface area contributed by atoms with E-state index in [-0.39, 0.29) is 24.4 Å². The van der Waals surface area contributed by atoms with Gasteiger partial charge in [0, 0.05) is 6.04 Å². The lowest BCUT2D eigenvalue weighted by Crippen LogP contribution is -2.63. The van der Waals surface area contributed by atoms with Crippen LogP contribution in [0.2, 0.25) is 0 Å². The van der Waals surface area contributed by atoms with Gasteiger partial charge in [-0.25, -0.2) is 0 Å². The van der Waals surface area contributed by atoms with Crippen LogP contribution in [0.4, 0.5) is 0 Å². The standard InChI is InChI=1S/C16H26N2O2/c1-11-6-5-9-13(11)18-10-14(19)17-15(16(18)20)12-7-3-2-4-8-12/h11-13,15H,2-10H2,1H3,(H,17,19). The van der Waals surface area contributed by atoms with Crippen LogP contribution in [0.1, 0.15) is 58.3 Å². The number of hydrogen-bond acceptors (Lipinski definition) is 2. The number of piperazine rings is 1. The van der Waals surface area contributed by atoms with E-state index in [2.05, 4.69) is 12.2 Å². The molecule has 3 aliphatic rings. The fourth-order valence-electron chi connectivity index (χ4n) is 4.35.